The zero-order valence-electron chi connectivity index (χ0n) is 68.3. The molecule has 17 rings (SSSR count). The molecule has 121 heavy (non-hydrogen) atoms. The number of ether oxygens (including phenoxy) is 13. The molecule has 4 saturated heterocycles. The van der Waals surface area contributed by atoms with E-state index in [4.69, 9.17) is 61.6 Å². The first-order chi connectivity index (χ1) is 57.9. The van der Waals surface area contributed by atoms with Gasteiger partial charge in [0.05, 0.1) is 53.9 Å². The monoisotopic (exact) mass is 1700 g/mol. The molecule has 624 valence electrons. The number of rotatable bonds is 10. The lowest BCUT2D eigenvalue weighted by Crippen LogP contribution is -2.33. The maximum atomic E-state index is 13.1. The van der Waals surface area contributed by atoms with Crippen molar-refractivity contribution in [3.05, 3.63) is 339 Å². The minimum Gasteiger partial charge on any atom is -0.497 e. The summed E-state index contributed by atoms with van der Waals surface area (Å²) in [5.74, 6) is -1.73. The lowest BCUT2D eigenvalue weighted by molar-refractivity contribution is -0.149. The van der Waals surface area contributed by atoms with Crippen molar-refractivity contribution < 1.29 is 99.9 Å². The third kappa shape index (κ3) is 19.4. The summed E-state index contributed by atoms with van der Waals surface area (Å²) in [6, 6.07) is 34.9. The molecule has 0 amide bonds. The van der Waals surface area contributed by atoms with Crippen molar-refractivity contribution in [2.75, 3.05) is 7.11 Å². The molecule has 4 fully saturated rings. The predicted octanol–water partition coefficient (Wildman–Crippen LogP) is 17.7. The Balaban J connectivity index is 0.000000132. The maximum absolute atomic E-state index is 13.1. The Hall–Kier alpha value is -12.6. The highest BCUT2D eigenvalue weighted by molar-refractivity contribution is 9.10. The van der Waals surface area contributed by atoms with Gasteiger partial charge in [0.1, 0.15) is 102 Å². The molecule has 16 atom stereocenters. The maximum Gasteiger partial charge on any atom is 0.338 e. The van der Waals surface area contributed by atoms with E-state index >= 15 is 0 Å². The summed E-state index contributed by atoms with van der Waals surface area (Å²) in [6.07, 6.45) is 13.7. The molecule has 8 aliphatic heterocycles. The normalized spacial score (nSPS) is 29.7. The summed E-state index contributed by atoms with van der Waals surface area (Å²) in [4.78, 5) is 101. The van der Waals surface area contributed by atoms with E-state index in [1.807, 2.05) is 138 Å². The van der Waals surface area contributed by atoms with Gasteiger partial charge in [0, 0.05) is 78.1 Å². The van der Waals surface area contributed by atoms with Crippen LogP contribution in [0.15, 0.2) is 311 Å². The molecule has 5 aromatic carbocycles. The van der Waals surface area contributed by atoms with Crippen molar-refractivity contribution in [1.29, 1.82) is 0 Å². The summed E-state index contributed by atoms with van der Waals surface area (Å²) in [5.41, 5.74) is 12.2. The summed E-state index contributed by atoms with van der Waals surface area (Å²) >= 11 is 3.37. The molecule has 0 spiro atoms. The first-order valence-corrected chi connectivity index (χ1v) is 41.0. The second-order valence-corrected chi connectivity index (χ2v) is 33.1. The summed E-state index contributed by atoms with van der Waals surface area (Å²) < 4.78 is 75.4. The summed E-state index contributed by atoms with van der Waals surface area (Å²) in [7, 11) is 1.57. The zero-order valence-corrected chi connectivity index (χ0v) is 69.9. The van der Waals surface area contributed by atoms with Gasteiger partial charge in [-0.2, -0.15) is 0 Å². The third-order valence-corrected chi connectivity index (χ3v) is 23.9. The van der Waals surface area contributed by atoms with E-state index in [2.05, 4.69) is 68.6 Å². The van der Waals surface area contributed by atoms with E-state index in [0.29, 0.717) is 141 Å². The molecule has 5 aromatic rings. The number of carbonyl (C=O) groups is 8. The van der Waals surface area contributed by atoms with Crippen LogP contribution in [0, 0.1) is 30.6 Å². The molecule has 0 N–H and O–H groups in total. The number of hydrogen-bond donors (Lipinski definition) is 0. The predicted molar refractivity (Wildman–Crippen MR) is 454 cm³/mol. The Kier molecular flexibility index (Phi) is 25.4. The molecule has 22 heteroatoms. The van der Waals surface area contributed by atoms with Crippen LogP contribution >= 0.6 is 15.9 Å². The topological polar surface area (TPSA) is 257 Å². The van der Waals surface area contributed by atoms with Crippen LogP contribution in [-0.4, -0.2) is 128 Å². The SMILES string of the molecule is C=C1OC2CC3=C[C@@H](C/C(C)=C/[C@@H](OC(=O)Cc4cccc5ccccc45)[C@@H]2C1=C)OC3=O.C=C1OC2CC3=C[C@@H](C/C(C)=C/[C@@H](OC(=O)c4ccc(Br)cc4)[C@@H]2C1=C)OC3=O.C=C1OC2CC3=C[C@@H](C/C(C)=C/[C@@H](OC(=O)c4ccc(C)cc4)[C@@H]2C1=C)OC3=O.C=C1OC2CC3=C[C@@H](C/C(C)=C/[C@@H](OC(=O)c4ccc(OC)cc4)[C@@H]2C1=C)OC3=O. The standard InChI is InChI=1S/C28H26O5.C24H24O6.C24H24O5.C23H21BrO5/c1-16-11-22-13-21(28(30)32-22)14-25-27(17(2)18(3)31-25)24(12-16)33-26(29)15-20-9-6-8-19-7-4-5-10-23(19)20;1-13-9-19-11-17(24(26)29-19)12-21-22(14(2)15(3)28-21)20(10-13)30-23(25)16-5-7-18(27-4)8-6-16;1-13-5-7-17(8-6-13)23(25)29-20-10-14(2)9-19-11-18(24(26)28-19)12-21-22(20)15(3)16(4)27-21;1-12-8-18-10-16(23(26)28-18)11-20-21(13(2)14(3)27-20)19(9-12)29-22(25)15-4-6-17(24)7-5-15/h4-10,12-13,22,24-25,27H,2-3,11,14-15H2,1H3;5-8,10-11,19-22H,2-3,9,12H2,1,4H3;5-8,10-11,19-22H,3-4,9,12H2,1-2H3;4-7,9-10,18-21H,2-3,8,11H2,1H3/b16-12+;13-10+;14-10+;12-9+/t22-,24-,25?,27+;2*19-,20-,21?,22+;18-,19-,20?,21+/m1111/s1. The van der Waals surface area contributed by atoms with Crippen LogP contribution < -0.4 is 4.74 Å². The molecule has 21 nitrogen and oxygen atoms in total. The van der Waals surface area contributed by atoms with Gasteiger partial charge in [-0.25, -0.2) is 33.6 Å². The Morgan fingerprint density at radius 3 is 1.01 bits per heavy atom. The lowest BCUT2D eigenvalue weighted by atomic mass is 9.85. The Bertz CT molecular complexity index is 5280. The molecule has 0 aromatic heterocycles. The van der Waals surface area contributed by atoms with E-state index in [0.717, 1.165) is 48.7 Å². The van der Waals surface area contributed by atoms with Gasteiger partial charge in [0.2, 0.25) is 0 Å². The quantitative estimate of drug-likeness (QED) is 0.0715. The fourth-order valence-corrected chi connectivity index (χ4v) is 17.5. The van der Waals surface area contributed by atoms with Crippen LogP contribution in [0.1, 0.15) is 121 Å². The molecule has 0 saturated carbocycles. The van der Waals surface area contributed by atoms with Crippen molar-refractivity contribution in [1.82, 2.24) is 0 Å². The fraction of sp³-hybridized carbons (Fsp3) is 0.313. The number of hydrogen-bond acceptors (Lipinski definition) is 21. The van der Waals surface area contributed by atoms with Crippen LogP contribution in [0.5, 0.6) is 5.75 Å². The van der Waals surface area contributed by atoms with Crippen LogP contribution in [-0.2, 0) is 87.2 Å². The molecule has 8 bridgehead atoms. The molecular formula is C99H95BrO21. The summed E-state index contributed by atoms with van der Waals surface area (Å²) in [6.45, 7) is 41.9. The van der Waals surface area contributed by atoms with Crippen molar-refractivity contribution in [2.24, 2.45) is 23.7 Å². The second kappa shape index (κ2) is 36.2. The Morgan fingerprint density at radius 2 is 0.669 bits per heavy atom. The number of methoxy groups -OCH3 is 1. The fourth-order valence-electron chi connectivity index (χ4n) is 17.2. The van der Waals surface area contributed by atoms with Gasteiger partial charge in [0.15, 0.2) is 0 Å². The first kappa shape index (κ1) is 84.9. The second-order valence-electron chi connectivity index (χ2n) is 32.2. The van der Waals surface area contributed by atoms with Crippen LogP contribution in [0.25, 0.3) is 10.8 Å². The highest BCUT2D eigenvalue weighted by Crippen LogP contribution is 2.47. The van der Waals surface area contributed by atoms with Gasteiger partial charge in [-0.1, -0.05) is 151 Å². The van der Waals surface area contributed by atoms with Crippen LogP contribution in [0.2, 0.25) is 0 Å². The number of fused-ring (bicyclic) bond motifs is 9. The lowest BCUT2D eigenvalue weighted by Gasteiger charge is -2.26. The molecule has 8 heterocycles. The van der Waals surface area contributed by atoms with Crippen molar-refractivity contribution >= 4 is 74.5 Å². The number of halogens is 1. The number of benzene rings is 5. The summed E-state index contributed by atoms with van der Waals surface area (Å²) in [5, 5.41) is 2.12. The number of carbonyl (C=O) groups excluding carboxylic acids is 8. The highest BCUT2D eigenvalue weighted by atomic mass is 79.9. The van der Waals surface area contributed by atoms with Crippen molar-refractivity contribution in [3.8, 4) is 5.75 Å². The number of aryl methyl sites for hydroxylation is 1. The van der Waals surface area contributed by atoms with E-state index < -0.39 is 66.7 Å². The van der Waals surface area contributed by atoms with E-state index in [1.54, 1.807) is 67.8 Å². The smallest absolute Gasteiger partial charge is 0.338 e. The molecule has 0 radical (unpaired) electrons. The molecule has 4 aliphatic carbocycles. The third-order valence-electron chi connectivity index (χ3n) is 23.3. The van der Waals surface area contributed by atoms with E-state index in [9.17, 15) is 38.4 Å². The zero-order chi connectivity index (χ0) is 85.9. The van der Waals surface area contributed by atoms with Gasteiger partial charge < -0.3 is 61.6 Å². The average Bonchev–Trinajstić information content (AvgIpc) is 1.66. The molecule has 4 unspecified atom stereocenters. The Morgan fingerprint density at radius 1 is 0.364 bits per heavy atom. The largest absolute Gasteiger partial charge is 0.497 e. The number of esters is 8. The minimum atomic E-state index is -0.607. The Labute approximate surface area is 711 Å². The minimum absolute atomic E-state index is 0.159. The highest BCUT2D eigenvalue weighted by Gasteiger charge is 2.50. The van der Waals surface area contributed by atoms with Gasteiger partial charge in [-0.3, -0.25) is 4.79 Å². The average molecular weight is 1700 g/mol. The van der Waals surface area contributed by atoms with Crippen molar-refractivity contribution in [2.45, 2.75) is 166 Å². The van der Waals surface area contributed by atoms with Gasteiger partial charge in [-0.15, -0.1) is 0 Å². The molecule has 12 aliphatic rings. The van der Waals surface area contributed by atoms with Gasteiger partial charge in [-0.05, 0) is 183 Å². The van der Waals surface area contributed by atoms with E-state index in [1.165, 1.54) is 0 Å². The van der Waals surface area contributed by atoms with E-state index in [-0.39, 0.29) is 84.4 Å². The van der Waals surface area contributed by atoms with Crippen molar-refractivity contribution in [3.63, 3.8) is 0 Å². The van der Waals surface area contributed by atoms with Crippen LogP contribution in [0.4, 0.5) is 0 Å². The van der Waals surface area contributed by atoms with Gasteiger partial charge >= 0.3 is 47.8 Å². The number of allylic oxidation sites excluding steroid dienone is 4. The molecular weight excluding hydrogens is 1600 g/mol. The van der Waals surface area contributed by atoms with Gasteiger partial charge in [0.25, 0.3) is 0 Å². The van der Waals surface area contributed by atoms with Crippen LogP contribution in [0.3, 0.4) is 0 Å². The first-order valence-electron chi connectivity index (χ1n) is 40.2.